The van der Waals surface area contributed by atoms with Crippen LogP contribution in [0.3, 0.4) is 0 Å². The predicted molar refractivity (Wildman–Crippen MR) is 61.3 cm³/mol. The highest BCUT2D eigenvalue weighted by molar-refractivity contribution is 5.65. The highest BCUT2D eigenvalue weighted by atomic mass is 16.5. The van der Waals surface area contributed by atoms with Crippen LogP contribution in [0.5, 0.6) is 0 Å². The van der Waals surface area contributed by atoms with E-state index in [4.69, 9.17) is 4.74 Å². The highest BCUT2D eigenvalue weighted by Crippen LogP contribution is 2.05. The van der Waals surface area contributed by atoms with Crippen LogP contribution in [0.4, 0.5) is 0 Å². The van der Waals surface area contributed by atoms with Gasteiger partial charge in [0.1, 0.15) is 0 Å². The second-order valence-corrected chi connectivity index (χ2v) is 3.55. The smallest absolute Gasteiger partial charge is 0.302 e. The summed E-state index contributed by atoms with van der Waals surface area (Å²) < 4.78 is 4.90. The molecule has 0 heterocycles. The van der Waals surface area contributed by atoms with E-state index in [-0.39, 0.29) is 11.9 Å². The Labute approximate surface area is 90.6 Å². The van der Waals surface area contributed by atoms with Crippen LogP contribution in [0.2, 0.25) is 0 Å². The second-order valence-electron chi connectivity index (χ2n) is 3.55. The molecule has 80 valence electrons. The molecule has 0 fully saturated rings. The van der Waals surface area contributed by atoms with Gasteiger partial charge < -0.3 is 4.74 Å². The Morgan fingerprint density at radius 1 is 1.40 bits per heavy atom. The molecule has 0 amide bonds. The Balaban J connectivity index is 2.41. The molecule has 0 aliphatic rings. The van der Waals surface area contributed by atoms with Crippen LogP contribution in [0.15, 0.2) is 36.4 Å². The third-order valence-electron chi connectivity index (χ3n) is 1.97. The number of rotatable bonds is 4. The molecule has 0 aromatic heterocycles. The van der Waals surface area contributed by atoms with Crippen molar-refractivity contribution in [2.75, 3.05) is 6.61 Å². The van der Waals surface area contributed by atoms with Crippen LogP contribution in [0.25, 0.3) is 6.08 Å². The molecule has 1 atom stereocenters. The number of benzene rings is 1. The molecule has 0 aliphatic heterocycles. The van der Waals surface area contributed by atoms with Crippen molar-refractivity contribution in [3.8, 4) is 0 Å². The highest BCUT2D eigenvalue weighted by Gasteiger charge is 1.99. The van der Waals surface area contributed by atoms with Crippen molar-refractivity contribution in [3.05, 3.63) is 42.0 Å². The Hall–Kier alpha value is -1.57. The van der Waals surface area contributed by atoms with E-state index >= 15 is 0 Å². The Bertz CT molecular complexity index is 328. The van der Waals surface area contributed by atoms with Crippen LogP contribution in [0.1, 0.15) is 19.4 Å². The number of hydrogen-bond acceptors (Lipinski definition) is 2. The largest absolute Gasteiger partial charge is 0.465 e. The van der Waals surface area contributed by atoms with Gasteiger partial charge in [-0.3, -0.25) is 4.79 Å². The molecule has 0 bridgehead atoms. The van der Waals surface area contributed by atoms with Crippen LogP contribution >= 0.6 is 0 Å². The standard InChI is InChI=1S/C13H16O2/c1-11(10-15-12(2)14)8-9-13-6-4-3-5-7-13/h3-9,11H,10H2,1-2H3. The number of carbonyl (C=O) groups is 1. The third kappa shape index (κ3) is 5.01. The summed E-state index contributed by atoms with van der Waals surface area (Å²) in [5, 5.41) is 0. The SMILES string of the molecule is CC(=O)OCC(C)C=Cc1ccccc1. The first-order valence-electron chi connectivity index (χ1n) is 5.05. The molecule has 1 aromatic carbocycles. The summed E-state index contributed by atoms with van der Waals surface area (Å²) in [6.07, 6.45) is 4.08. The molecule has 1 rings (SSSR count). The van der Waals surface area contributed by atoms with Crippen LogP contribution in [-0.2, 0) is 9.53 Å². The minimum Gasteiger partial charge on any atom is -0.465 e. The fourth-order valence-corrected chi connectivity index (χ4v) is 1.14. The molecule has 2 heteroatoms. The van der Waals surface area contributed by atoms with Crippen LogP contribution in [0, 0.1) is 5.92 Å². The van der Waals surface area contributed by atoms with Crippen molar-refractivity contribution in [1.29, 1.82) is 0 Å². The average Bonchev–Trinajstić information content (AvgIpc) is 2.25. The first kappa shape index (κ1) is 11.5. The minimum atomic E-state index is -0.227. The zero-order valence-corrected chi connectivity index (χ0v) is 9.14. The zero-order valence-electron chi connectivity index (χ0n) is 9.14. The van der Waals surface area contributed by atoms with Gasteiger partial charge in [0.05, 0.1) is 6.61 Å². The zero-order chi connectivity index (χ0) is 11.1. The number of esters is 1. The predicted octanol–water partition coefficient (Wildman–Crippen LogP) is 2.90. The van der Waals surface area contributed by atoms with Crippen molar-refractivity contribution < 1.29 is 9.53 Å². The average molecular weight is 204 g/mol. The molecule has 1 aromatic rings. The molecule has 0 radical (unpaired) electrons. The van der Waals surface area contributed by atoms with Gasteiger partial charge in [0.25, 0.3) is 0 Å². The van der Waals surface area contributed by atoms with E-state index in [9.17, 15) is 4.79 Å². The van der Waals surface area contributed by atoms with E-state index in [1.54, 1.807) is 0 Å². The van der Waals surface area contributed by atoms with Crippen molar-refractivity contribution in [3.63, 3.8) is 0 Å². The molecule has 0 saturated carbocycles. The number of hydrogen-bond donors (Lipinski definition) is 0. The molecule has 1 unspecified atom stereocenters. The lowest BCUT2D eigenvalue weighted by Crippen LogP contribution is -2.06. The van der Waals surface area contributed by atoms with Gasteiger partial charge in [-0.25, -0.2) is 0 Å². The fraction of sp³-hybridized carbons (Fsp3) is 0.308. The number of ether oxygens (including phenoxy) is 1. The van der Waals surface area contributed by atoms with E-state index in [0.29, 0.717) is 6.61 Å². The van der Waals surface area contributed by atoms with Crippen molar-refractivity contribution in [2.45, 2.75) is 13.8 Å². The van der Waals surface area contributed by atoms with Gasteiger partial charge >= 0.3 is 5.97 Å². The van der Waals surface area contributed by atoms with Crippen molar-refractivity contribution in [1.82, 2.24) is 0 Å². The molecule has 15 heavy (non-hydrogen) atoms. The summed E-state index contributed by atoms with van der Waals surface area (Å²) in [7, 11) is 0. The molecular weight excluding hydrogens is 188 g/mol. The van der Waals surface area contributed by atoms with E-state index in [2.05, 4.69) is 0 Å². The third-order valence-corrected chi connectivity index (χ3v) is 1.97. The monoisotopic (exact) mass is 204 g/mol. The first-order valence-corrected chi connectivity index (χ1v) is 5.05. The van der Waals surface area contributed by atoms with E-state index in [1.165, 1.54) is 6.92 Å². The molecule has 0 N–H and O–H groups in total. The Morgan fingerprint density at radius 3 is 2.67 bits per heavy atom. The van der Waals surface area contributed by atoms with Crippen molar-refractivity contribution in [2.24, 2.45) is 5.92 Å². The van der Waals surface area contributed by atoms with Crippen LogP contribution in [-0.4, -0.2) is 12.6 Å². The van der Waals surface area contributed by atoms with Crippen molar-refractivity contribution >= 4 is 12.0 Å². The molecule has 0 spiro atoms. The second kappa shape index (κ2) is 6.02. The fourth-order valence-electron chi connectivity index (χ4n) is 1.14. The Kier molecular flexibility index (Phi) is 4.61. The van der Waals surface area contributed by atoms with Gasteiger partial charge in [-0.1, -0.05) is 49.4 Å². The van der Waals surface area contributed by atoms with Gasteiger partial charge in [-0.2, -0.15) is 0 Å². The van der Waals surface area contributed by atoms with E-state index < -0.39 is 0 Å². The first-order chi connectivity index (χ1) is 7.18. The maximum absolute atomic E-state index is 10.6. The summed E-state index contributed by atoms with van der Waals surface area (Å²) in [5.41, 5.74) is 1.16. The number of carbonyl (C=O) groups excluding carboxylic acids is 1. The van der Waals surface area contributed by atoms with E-state index in [0.717, 1.165) is 5.56 Å². The molecular formula is C13H16O2. The Morgan fingerprint density at radius 2 is 2.07 bits per heavy atom. The lowest BCUT2D eigenvalue weighted by atomic mass is 10.1. The maximum Gasteiger partial charge on any atom is 0.302 e. The van der Waals surface area contributed by atoms with Gasteiger partial charge in [0.2, 0.25) is 0 Å². The van der Waals surface area contributed by atoms with Crippen LogP contribution < -0.4 is 0 Å². The topological polar surface area (TPSA) is 26.3 Å². The maximum atomic E-state index is 10.6. The lowest BCUT2D eigenvalue weighted by molar-refractivity contribution is -0.141. The van der Waals surface area contributed by atoms with E-state index in [1.807, 2.05) is 49.4 Å². The molecule has 2 nitrogen and oxygen atoms in total. The van der Waals surface area contributed by atoms with Gasteiger partial charge in [-0.15, -0.1) is 0 Å². The summed E-state index contributed by atoms with van der Waals surface area (Å²) in [6, 6.07) is 10.1. The summed E-state index contributed by atoms with van der Waals surface area (Å²) in [6.45, 7) is 3.88. The minimum absolute atomic E-state index is 0.227. The van der Waals surface area contributed by atoms with Gasteiger partial charge in [0, 0.05) is 12.8 Å². The molecule has 0 saturated heterocycles. The van der Waals surface area contributed by atoms with Gasteiger partial charge in [-0.05, 0) is 5.56 Å². The molecule has 0 aliphatic carbocycles. The summed E-state index contributed by atoms with van der Waals surface area (Å²) >= 11 is 0. The summed E-state index contributed by atoms with van der Waals surface area (Å²) in [5.74, 6) is 0.0177. The lowest BCUT2D eigenvalue weighted by Gasteiger charge is -2.05. The normalized spacial score (nSPS) is 12.7. The summed E-state index contributed by atoms with van der Waals surface area (Å²) in [4.78, 5) is 10.6. The quantitative estimate of drug-likeness (QED) is 0.705. The van der Waals surface area contributed by atoms with Gasteiger partial charge in [0.15, 0.2) is 0 Å².